The van der Waals surface area contributed by atoms with Crippen molar-refractivity contribution in [2.45, 2.75) is 31.5 Å². The number of nitrogens with one attached hydrogen (secondary N) is 1. The fraction of sp³-hybridized carbons (Fsp3) is 0.462. The van der Waals surface area contributed by atoms with Crippen LogP contribution in [0.5, 0.6) is 0 Å². The summed E-state index contributed by atoms with van der Waals surface area (Å²) in [5, 5.41) is 13.1. The van der Waals surface area contributed by atoms with Crippen LogP contribution in [0.4, 0.5) is 4.79 Å². The third-order valence-electron chi connectivity index (χ3n) is 3.84. The van der Waals surface area contributed by atoms with Crippen molar-refractivity contribution in [3.05, 3.63) is 30.1 Å². The second kappa shape index (κ2) is 5.09. The Morgan fingerprint density at radius 3 is 3.10 bits per heavy atom. The highest BCUT2D eigenvalue weighted by Crippen LogP contribution is 2.28. The maximum atomic E-state index is 12.2. The first-order chi connectivity index (χ1) is 9.66. The average Bonchev–Trinajstić information content (AvgIpc) is 2.71. The predicted octanol–water partition coefficient (Wildman–Crippen LogP) is 0.356. The Hall–Kier alpha value is -2.15. The summed E-state index contributed by atoms with van der Waals surface area (Å²) in [6.45, 7) is 0.803. The van der Waals surface area contributed by atoms with Gasteiger partial charge in [-0.15, -0.1) is 0 Å². The zero-order valence-corrected chi connectivity index (χ0v) is 10.9. The fourth-order valence-electron chi connectivity index (χ4n) is 2.73. The normalized spacial score (nSPS) is 24.9. The molecule has 0 aliphatic carbocycles. The largest absolute Gasteiger partial charge is 0.350 e. The van der Waals surface area contributed by atoms with E-state index in [0.717, 1.165) is 10.6 Å². The Morgan fingerprint density at radius 2 is 2.35 bits per heavy atom. The molecule has 2 aliphatic heterocycles. The summed E-state index contributed by atoms with van der Waals surface area (Å²) in [5.41, 5.74) is 0.908. The molecule has 0 unspecified atom stereocenters. The van der Waals surface area contributed by atoms with Crippen molar-refractivity contribution in [1.29, 1.82) is 0 Å². The summed E-state index contributed by atoms with van der Waals surface area (Å²) < 4.78 is 0. The van der Waals surface area contributed by atoms with Crippen LogP contribution in [-0.4, -0.2) is 50.7 Å². The molecule has 2 fully saturated rings. The monoisotopic (exact) mass is 276 g/mol. The molecule has 7 heteroatoms. The van der Waals surface area contributed by atoms with Crippen LogP contribution >= 0.6 is 0 Å². The van der Waals surface area contributed by atoms with Crippen molar-refractivity contribution >= 4 is 11.9 Å². The molecule has 2 saturated heterocycles. The number of hydroxylamine groups is 2. The van der Waals surface area contributed by atoms with E-state index in [1.54, 1.807) is 18.5 Å². The number of hydrogen-bond acceptors (Lipinski definition) is 4. The molecule has 2 N–H and O–H groups in total. The van der Waals surface area contributed by atoms with Gasteiger partial charge in [0.15, 0.2) is 0 Å². The number of nitrogens with zero attached hydrogens (tertiary/aromatic N) is 3. The van der Waals surface area contributed by atoms with Crippen LogP contribution < -0.4 is 5.32 Å². The van der Waals surface area contributed by atoms with Gasteiger partial charge in [0.25, 0.3) is 0 Å². The lowest BCUT2D eigenvalue weighted by molar-refractivity contribution is -0.126. The zero-order valence-electron chi connectivity index (χ0n) is 10.9. The van der Waals surface area contributed by atoms with Crippen LogP contribution in [0, 0.1) is 0 Å². The van der Waals surface area contributed by atoms with E-state index >= 15 is 0 Å². The zero-order chi connectivity index (χ0) is 14.1. The number of pyridine rings is 1. The molecule has 106 valence electrons. The quantitative estimate of drug-likeness (QED) is 0.780. The van der Waals surface area contributed by atoms with Crippen LogP contribution in [0.3, 0.4) is 0 Å². The van der Waals surface area contributed by atoms with E-state index in [2.05, 4.69) is 10.3 Å². The molecule has 20 heavy (non-hydrogen) atoms. The second-order valence-electron chi connectivity index (χ2n) is 5.11. The smallest absolute Gasteiger partial charge is 0.344 e. The van der Waals surface area contributed by atoms with Gasteiger partial charge in [-0.1, -0.05) is 6.07 Å². The number of carbonyl (C=O) groups is 2. The first kappa shape index (κ1) is 12.9. The van der Waals surface area contributed by atoms with E-state index in [0.29, 0.717) is 25.9 Å². The lowest BCUT2D eigenvalue weighted by atomic mass is 10.0. The number of carbonyl (C=O) groups excluding carboxylic acids is 2. The standard InChI is InChI=1S/C13H16N4O3/c18-12(15-7-9-2-1-5-14-6-9)11-4-3-10-8-16(11)13(19)17(10)20/h1-2,5-6,10-11,20H,3-4,7-8H2,(H,15,18)/t10-,11+/m1/s1. The van der Waals surface area contributed by atoms with E-state index in [1.165, 1.54) is 4.90 Å². The van der Waals surface area contributed by atoms with Gasteiger partial charge in [0.2, 0.25) is 5.91 Å². The van der Waals surface area contributed by atoms with Gasteiger partial charge in [0.05, 0.1) is 6.04 Å². The molecule has 0 spiro atoms. The van der Waals surface area contributed by atoms with E-state index in [1.807, 2.05) is 6.07 Å². The number of fused-ring (bicyclic) bond motifs is 2. The number of aromatic nitrogens is 1. The predicted molar refractivity (Wildman–Crippen MR) is 68.6 cm³/mol. The lowest BCUT2D eigenvalue weighted by Gasteiger charge is -2.29. The number of piperidine rings is 1. The van der Waals surface area contributed by atoms with Crippen molar-refractivity contribution in [2.75, 3.05) is 6.54 Å². The summed E-state index contributed by atoms with van der Waals surface area (Å²) >= 11 is 0. The molecular weight excluding hydrogens is 260 g/mol. The van der Waals surface area contributed by atoms with Crippen LogP contribution in [0.2, 0.25) is 0 Å². The molecule has 2 aliphatic rings. The Kier molecular flexibility index (Phi) is 3.27. The van der Waals surface area contributed by atoms with Crippen molar-refractivity contribution in [3.8, 4) is 0 Å². The van der Waals surface area contributed by atoms with Crippen LogP contribution in [-0.2, 0) is 11.3 Å². The van der Waals surface area contributed by atoms with Crippen molar-refractivity contribution < 1.29 is 14.8 Å². The van der Waals surface area contributed by atoms with Gasteiger partial charge in [0.1, 0.15) is 6.04 Å². The Labute approximate surface area is 116 Å². The first-order valence-corrected chi connectivity index (χ1v) is 6.62. The minimum atomic E-state index is -0.493. The Morgan fingerprint density at radius 1 is 1.50 bits per heavy atom. The number of hydrogen-bond donors (Lipinski definition) is 2. The third-order valence-corrected chi connectivity index (χ3v) is 3.84. The minimum Gasteiger partial charge on any atom is -0.350 e. The molecular formula is C13H16N4O3. The molecule has 0 saturated carbocycles. The molecule has 0 aromatic carbocycles. The maximum absolute atomic E-state index is 12.2. The average molecular weight is 276 g/mol. The molecule has 3 rings (SSSR count). The Bertz CT molecular complexity index is 522. The number of urea groups is 1. The van der Waals surface area contributed by atoms with Gasteiger partial charge < -0.3 is 10.2 Å². The summed E-state index contributed by atoms with van der Waals surface area (Å²) in [6, 6.07) is 2.53. The van der Waals surface area contributed by atoms with Crippen molar-refractivity contribution in [3.63, 3.8) is 0 Å². The maximum Gasteiger partial charge on any atom is 0.344 e. The van der Waals surface area contributed by atoms with Gasteiger partial charge in [0, 0.05) is 25.5 Å². The summed E-state index contributed by atoms with van der Waals surface area (Å²) in [5.74, 6) is -0.184. The fourth-order valence-corrected chi connectivity index (χ4v) is 2.73. The minimum absolute atomic E-state index is 0.176. The summed E-state index contributed by atoms with van der Waals surface area (Å²) in [7, 11) is 0. The van der Waals surface area contributed by atoms with E-state index < -0.39 is 12.1 Å². The van der Waals surface area contributed by atoms with Gasteiger partial charge in [-0.3, -0.25) is 15.0 Å². The SMILES string of the molecule is O=C(NCc1cccnc1)[C@@H]1CC[C@@H]2CN1C(=O)N2O. The van der Waals surface area contributed by atoms with E-state index in [4.69, 9.17) is 0 Å². The topological polar surface area (TPSA) is 85.8 Å². The second-order valence-corrected chi connectivity index (χ2v) is 5.11. The molecule has 1 aromatic heterocycles. The number of rotatable bonds is 3. The van der Waals surface area contributed by atoms with E-state index in [9.17, 15) is 14.8 Å². The number of amides is 3. The molecule has 3 heterocycles. The molecule has 7 nitrogen and oxygen atoms in total. The molecule has 0 radical (unpaired) electrons. The highest BCUT2D eigenvalue weighted by Gasteiger charge is 2.46. The van der Waals surface area contributed by atoms with E-state index in [-0.39, 0.29) is 11.9 Å². The molecule has 2 atom stereocenters. The lowest BCUT2D eigenvalue weighted by Crippen LogP contribution is -2.49. The van der Waals surface area contributed by atoms with Crippen LogP contribution in [0.15, 0.2) is 24.5 Å². The van der Waals surface area contributed by atoms with Gasteiger partial charge in [-0.2, -0.15) is 0 Å². The highest BCUT2D eigenvalue weighted by molar-refractivity contribution is 5.88. The van der Waals surface area contributed by atoms with Gasteiger partial charge in [-0.25, -0.2) is 9.86 Å². The molecule has 1 aromatic rings. The first-order valence-electron chi connectivity index (χ1n) is 6.62. The van der Waals surface area contributed by atoms with Crippen LogP contribution in [0.25, 0.3) is 0 Å². The molecule has 3 amide bonds. The summed E-state index contributed by atoms with van der Waals surface area (Å²) in [4.78, 5) is 29.4. The van der Waals surface area contributed by atoms with Gasteiger partial charge in [-0.05, 0) is 24.5 Å². The third kappa shape index (κ3) is 2.20. The highest BCUT2D eigenvalue weighted by atomic mass is 16.5. The Balaban J connectivity index is 1.62. The van der Waals surface area contributed by atoms with Gasteiger partial charge >= 0.3 is 6.03 Å². The summed E-state index contributed by atoms with van der Waals surface area (Å²) in [6.07, 6.45) is 4.58. The molecule has 2 bridgehead atoms. The van der Waals surface area contributed by atoms with Crippen molar-refractivity contribution in [1.82, 2.24) is 20.3 Å². The van der Waals surface area contributed by atoms with Crippen LogP contribution in [0.1, 0.15) is 18.4 Å². The van der Waals surface area contributed by atoms with Crippen molar-refractivity contribution in [2.24, 2.45) is 0 Å².